The fourth-order valence-electron chi connectivity index (χ4n) is 3.58. The van der Waals surface area contributed by atoms with Gasteiger partial charge in [-0.3, -0.25) is 0 Å². The van der Waals surface area contributed by atoms with E-state index >= 15 is 0 Å². The molecule has 0 spiro atoms. The van der Waals surface area contributed by atoms with Crippen LogP contribution in [0.1, 0.15) is 39.5 Å². The normalized spacial score (nSPS) is 23.8. The first-order chi connectivity index (χ1) is 10.0. The Morgan fingerprint density at radius 1 is 1.14 bits per heavy atom. The molecule has 0 bridgehead atoms. The van der Waals surface area contributed by atoms with Gasteiger partial charge in [-0.2, -0.15) is 0 Å². The van der Waals surface area contributed by atoms with Crippen LogP contribution in [0.15, 0.2) is 0 Å². The minimum absolute atomic E-state index is 0.137. The quantitative estimate of drug-likeness (QED) is 0.808. The van der Waals surface area contributed by atoms with Crippen LogP contribution in [0.2, 0.25) is 0 Å². The van der Waals surface area contributed by atoms with Gasteiger partial charge < -0.3 is 19.6 Å². The SMILES string of the molecule is CC(C)CN1CCC(N2CCC(OCC(=O)O)CC2)CC1. The maximum absolute atomic E-state index is 10.5. The molecule has 2 heterocycles. The highest BCUT2D eigenvalue weighted by molar-refractivity contribution is 5.68. The molecule has 0 amide bonds. The van der Waals surface area contributed by atoms with Crippen LogP contribution in [0.3, 0.4) is 0 Å². The van der Waals surface area contributed by atoms with Gasteiger partial charge in [0.15, 0.2) is 0 Å². The molecule has 5 nitrogen and oxygen atoms in total. The van der Waals surface area contributed by atoms with E-state index in [1.165, 1.54) is 32.5 Å². The van der Waals surface area contributed by atoms with Gasteiger partial charge in [0.2, 0.25) is 0 Å². The number of hydrogen-bond acceptors (Lipinski definition) is 4. The lowest BCUT2D eigenvalue weighted by Gasteiger charge is -2.42. The van der Waals surface area contributed by atoms with Gasteiger partial charge in [0, 0.05) is 25.7 Å². The van der Waals surface area contributed by atoms with Crippen molar-refractivity contribution in [3.63, 3.8) is 0 Å². The summed E-state index contributed by atoms with van der Waals surface area (Å²) in [6.45, 7) is 10.2. The first-order valence-electron chi connectivity index (χ1n) is 8.34. The van der Waals surface area contributed by atoms with E-state index in [2.05, 4.69) is 23.6 Å². The Labute approximate surface area is 128 Å². The van der Waals surface area contributed by atoms with E-state index in [1.54, 1.807) is 0 Å². The Balaban J connectivity index is 1.65. The molecule has 21 heavy (non-hydrogen) atoms. The average Bonchev–Trinajstić information content (AvgIpc) is 2.46. The molecule has 0 saturated carbocycles. The van der Waals surface area contributed by atoms with Crippen LogP contribution in [0.25, 0.3) is 0 Å². The van der Waals surface area contributed by atoms with Gasteiger partial charge in [-0.15, -0.1) is 0 Å². The van der Waals surface area contributed by atoms with Gasteiger partial charge in [0.1, 0.15) is 6.61 Å². The van der Waals surface area contributed by atoms with Crippen LogP contribution < -0.4 is 0 Å². The Kier molecular flexibility index (Phi) is 6.45. The Morgan fingerprint density at radius 2 is 1.76 bits per heavy atom. The third-order valence-corrected chi connectivity index (χ3v) is 4.62. The number of carboxylic acid groups (broad SMARTS) is 1. The smallest absolute Gasteiger partial charge is 0.329 e. The molecular weight excluding hydrogens is 268 g/mol. The number of carbonyl (C=O) groups is 1. The summed E-state index contributed by atoms with van der Waals surface area (Å²) in [4.78, 5) is 15.7. The summed E-state index contributed by atoms with van der Waals surface area (Å²) in [5.74, 6) is -0.112. The molecule has 5 heteroatoms. The summed E-state index contributed by atoms with van der Waals surface area (Å²) in [7, 11) is 0. The highest BCUT2D eigenvalue weighted by Crippen LogP contribution is 2.22. The maximum Gasteiger partial charge on any atom is 0.329 e. The molecular formula is C16H30N2O3. The van der Waals surface area contributed by atoms with Crippen molar-refractivity contribution in [1.82, 2.24) is 9.80 Å². The van der Waals surface area contributed by atoms with Gasteiger partial charge in [-0.25, -0.2) is 4.79 Å². The molecule has 0 aromatic carbocycles. The van der Waals surface area contributed by atoms with Crippen LogP contribution >= 0.6 is 0 Å². The number of likely N-dealkylation sites (tertiary alicyclic amines) is 2. The number of ether oxygens (including phenoxy) is 1. The summed E-state index contributed by atoms with van der Waals surface area (Å²) in [5.41, 5.74) is 0. The van der Waals surface area contributed by atoms with Crippen LogP contribution in [-0.4, -0.2) is 72.4 Å². The molecule has 2 saturated heterocycles. The summed E-state index contributed by atoms with van der Waals surface area (Å²) in [6, 6.07) is 0.717. The summed E-state index contributed by atoms with van der Waals surface area (Å²) in [5, 5.41) is 8.65. The molecule has 0 atom stereocenters. The van der Waals surface area contributed by atoms with E-state index in [1.807, 2.05) is 0 Å². The minimum atomic E-state index is -0.866. The topological polar surface area (TPSA) is 53.0 Å². The second-order valence-corrected chi connectivity index (χ2v) is 6.87. The second-order valence-electron chi connectivity index (χ2n) is 6.87. The maximum atomic E-state index is 10.5. The fourth-order valence-corrected chi connectivity index (χ4v) is 3.58. The van der Waals surface area contributed by atoms with Crippen LogP contribution in [0.5, 0.6) is 0 Å². The van der Waals surface area contributed by atoms with E-state index in [-0.39, 0.29) is 12.7 Å². The molecule has 0 aromatic rings. The van der Waals surface area contributed by atoms with Crippen molar-refractivity contribution < 1.29 is 14.6 Å². The highest BCUT2D eigenvalue weighted by atomic mass is 16.5. The molecule has 2 rings (SSSR count). The van der Waals surface area contributed by atoms with Crippen molar-refractivity contribution in [2.45, 2.75) is 51.7 Å². The van der Waals surface area contributed by atoms with Gasteiger partial charge in [0.25, 0.3) is 0 Å². The number of piperidine rings is 2. The van der Waals surface area contributed by atoms with Gasteiger partial charge >= 0.3 is 5.97 Å². The van der Waals surface area contributed by atoms with Crippen molar-refractivity contribution in [2.24, 2.45) is 5.92 Å². The summed E-state index contributed by atoms with van der Waals surface area (Å²) in [6.07, 6.45) is 4.62. The van der Waals surface area contributed by atoms with Crippen LogP contribution in [0.4, 0.5) is 0 Å². The Bertz CT molecular complexity index is 319. The summed E-state index contributed by atoms with van der Waals surface area (Å²) >= 11 is 0. The number of aliphatic carboxylic acids is 1. The molecule has 2 fully saturated rings. The number of carboxylic acids is 1. The van der Waals surface area contributed by atoms with E-state index < -0.39 is 5.97 Å². The number of hydrogen-bond donors (Lipinski definition) is 1. The Hall–Kier alpha value is -0.650. The van der Waals surface area contributed by atoms with Crippen molar-refractivity contribution in [3.05, 3.63) is 0 Å². The predicted octanol–water partition coefficient (Wildman–Crippen LogP) is 1.67. The largest absolute Gasteiger partial charge is 0.480 e. The lowest BCUT2D eigenvalue weighted by molar-refractivity contribution is -0.145. The third kappa shape index (κ3) is 5.57. The zero-order chi connectivity index (χ0) is 15.2. The standard InChI is InChI=1S/C16H30N2O3/c1-13(2)11-17-7-3-14(4-8-17)18-9-5-15(6-10-18)21-12-16(19)20/h13-15H,3-12H2,1-2H3,(H,19,20). The monoisotopic (exact) mass is 298 g/mol. The molecule has 0 unspecified atom stereocenters. The fraction of sp³-hybridized carbons (Fsp3) is 0.938. The zero-order valence-electron chi connectivity index (χ0n) is 13.5. The molecule has 2 aliphatic heterocycles. The van der Waals surface area contributed by atoms with Crippen molar-refractivity contribution in [2.75, 3.05) is 39.3 Å². The van der Waals surface area contributed by atoms with Gasteiger partial charge in [0.05, 0.1) is 6.10 Å². The van der Waals surface area contributed by atoms with E-state index in [0.29, 0.717) is 6.04 Å². The van der Waals surface area contributed by atoms with E-state index in [4.69, 9.17) is 9.84 Å². The van der Waals surface area contributed by atoms with Crippen molar-refractivity contribution in [1.29, 1.82) is 0 Å². The van der Waals surface area contributed by atoms with Crippen LogP contribution in [0, 0.1) is 5.92 Å². The summed E-state index contributed by atoms with van der Waals surface area (Å²) < 4.78 is 5.41. The second kappa shape index (κ2) is 8.11. The number of rotatable bonds is 6. The van der Waals surface area contributed by atoms with E-state index in [9.17, 15) is 4.79 Å². The molecule has 0 aromatic heterocycles. The van der Waals surface area contributed by atoms with E-state index in [0.717, 1.165) is 31.8 Å². The predicted molar refractivity (Wildman–Crippen MR) is 82.5 cm³/mol. The number of nitrogens with zero attached hydrogens (tertiary/aromatic N) is 2. The molecule has 2 aliphatic rings. The lowest BCUT2D eigenvalue weighted by Crippen LogP contribution is -2.49. The Morgan fingerprint density at radius 3 is 2.29 bits per heavy atom. The minimum Gasteiger partial charge on any atom is -0.480 e. The van der Waals surface area contributed by atoms with Crippen LogP contribution in [-0.2, 0) is 9.53 Å². The van der Waals surface area contributed by atoms with Gasteiger partial charge in [-0.1, -0.05) is 13.8 Å². The van der Waals surface area contributed by atoms with Gasteiger partial charge in [-0.05, 0) is 44.7 Å². The average molecular weight is 298 g/mol. The third-order valence-electron chi connectivity index (χ3n) is 4.62. The lowest BCUT2D eigenvalue weighted by atomic mass is 9.98. The zero-order valence-corrected chi connectivity index (χ0v) is 13.5. The van der Waals surface area contributed by atoms with Crippen molar-refractivity contribution >= 4 is 5.97 Å². The molecule has 0 aliphatic carbocycles. The highest BCUT2D eigenvalue weighted by Gasteiger charge is 2.28. The molecule has 1 N–H and O–H groups in total. The molecule has 0 radical (unpaired) electrons. The molecule has 122 valence electrons. The first kappa shape index (κ1) is 16.7. The van der Waals surface area contributed by atoms with Crippen molar-refractivity contribution in [3.8, 4) is 0 Å². The first-order valence-corrected chi connectivity index (χ1v) is 8.34.